The van der Waals surface area contributed by atoms with Gasteiger partial charge < -0.3 is 24.4 Å². The summed E-state index contributed by atoms with van der Waals surface area (Å²) in [7, 11) is -0.0308. The molecule has 3 aromatic rings. The number of methoxy groups -OCH3 is 3. The van der Waals surface area contributed by atoms with E-state index in [1.54, 1.807) is 31.4 Å². The van der Waals surface area contributed by atoms with Gasteiger partial charge in [-0.25, -0.2) is 12.8 Å². The van der Waals surface area contributed by atoms with Crippen molar-refractivity contribution >= 4 is 27.5 Å². The maximum absolute atomic E-state index is 14.3. The molecule has 1 N–H and O–H groups in total. The van der Waals surface area contributed by atoms with Crippen molar-refractivity contribution in [3.8, 4) is 17.2 Å². The number of amides is 2. The van der Waals surface area contributed by atoms with Crippen LogP contribution >= 0.6 is 0 Å². The molecule has 1 aliphatic carbocycles. The fourth-order valence-corrected chi connectivity index (χ4v) is 7.06. The van der Waals surface area contributed by atoms with Crippen LogP contribution in [0.4, 0.5) is 10.1 Å². The molecule has 0 heterocycles. The van der Waals surface area contributed by atoms with Crippen LogP contribution < -0.4 is 23.8 Å². The first kappa shape index (κ1) is 34.6. The maximum Gasteiger partial charge on any atom is 0.264 e. The third kappa shape index (κ3) is 8.28. The number of anilines is 1. The van der Waals surface area contributed by atoms with Crippen molar-refractivity contribution < 1.29 is 36.6 Å². The SMILES string of the molecule is CC[C@H](C(=O)NC1CCCCC1)N(Cc1ccc(OC)cc1)C(=O)CN(c1ccc(F)cc1)S(=O)(=O)c1ccc(OC)c(OC)c1. The Bertz CT molecular complexity index is 1580. The molecule has 10 nitrogen and oxygen atoms in total. The normalized spacial score (nSPS) is 14.2. The highest BCUT2D eigenvalue weighted by atomic mass is 32.2. The van der Waals surface area contributed by atoms with Crippen molar-refractivity contribution in [2.24, 2.45) is 0 Å². The number of rotatable bonds is 14. The third-order valence-corrected chi connectivity index (χ3v) is 9.96. The number of hydrogen-bond acceptors (Lipinski definition) is 7. The van der Waals surface area contributed by atoms with Crippen molar-refractivity contribution in [3.63, 3.8) is 0 Å². The number of halogens is 1. The lowest BCUT2D eigenvalue weighted by molar-refractivity contribution is -0.140. The van der Waals surface area contributed by atoms with E-state index in [0.29, 0.717) is 17.9 Å². The second-order valence-electron chi connectivity index (χ2n) is 11.1. The zero-order valence-corrected chi connectivity index (χ0v) is 27.5. The Morgan fingerprint density at radius 3 is 2.13 bits per heavy atom. The van der Waals surface area contributed by atoms with Gasteiger partial charge in [0.2, 0.25) is 11.8 Å². The molecule has 2 amide bonds. The Morgan fingerprint density at radius 2 is 1.54 bits per heavy atom. The molecule has 12 heteroatoms. The van der Waals surface area contributed by atoms with E-state index in [1.807, 2.05) is 6.92 Å². The van der Waals surface area contributed by atoms with Crippen LogP contribution in [-0.2, 0) is 26.2 Å². The van der Waals surface area contributed by atoms with Crippen LogP contribution in [0.15, 0.2) is 71.6 Å². The average Bonchev–Trinajstić information content (AvgIpc) is 3.07. The summed E-state index contributed by atoms with van der Waals surface area (Å²) >= 11 is 0. The second-order valence-corrected chi connectivity index (χ2v) is 13.0. The minimum Gasteiger partial charge on any atom is -0.497 e. The number of hydrogen-bond donors (Lipinski definition) is 1. The summed E-state index contributed by atoms with van der Waals surface area (Å²) in [5.41, 5.74) is 0.808. The lowest BCUT2D eigenvalue weighted by Crippen LogP contribution is -2.54. The van der Waals surface area contributed by atoms with E-state index in [2.05, 4.69) is 5.32 Å². The number of carbonyl (C=O) groups is 2. The molecule has 0 aromatic heterocycles. The molecule has 0 aliphatic heterocycles. The van der Waals surface area contributed by atoms with E-state index in [0.717, 1.165) is 54.1 Å². The van der Waals surface area contributed by atoms with Crippen LogP contribution in [0.5, 0.6) is 17.2 Å². The summed E-state index contributed by atoms with van der Waals surface area (Å²) in [6.07, 6.45) is 5.22. The van der Waals surface area contributed by atoms with Crippen molar-refractivity contribution in [3.05, 3.63) is 78.1 Å². The highest BCUT2D eigenvalue weighted by molar-refractivity contribution is 7.92. The Morgan fingerprint density at radius 1 is 0.891 bits per heavy atom. The average molecular weight is 656 g/mol. The predicted molar refractivity (Wildman–Crippen MR) is 173 cm³/mol. The van der Waals surface area contributed by atoms with Gasteiger partial charge in [0.05, 0.1) is 31.9 Å². The van der Waals surface area contributed by atoms with Gasteiger partial charge >= 0.3 is 0 Å². The molecule has 0 saturated heterocycles. The van der Waals surface area contributed by atoms with Gasteiger partial charge in [-0.05, 0) is 73.4 Å². The molecule has 248 valence electrons. The lowest BCUT2D eigenvalue weighted by atomic mass is 9.95. The standard InChI is InChI=1S/C34H42FN3O7S/c1-5-30(34(40)36-26-9-7-6-8-10-26)37(22-24-11-17-28(43-2)18-12-24)33(39)23-38(27-15-13-25(35)14-16-27)46(41,42)29-19-20-31(44-3)32(21-29)45-4/h11-21,26,30H,5-10,22-23H2,1-4H3,(H,36,40)/t30-/m1/s1. The minimum absolute atomic E-state index is 0.0226. The number of nitrogens with zero attached hydrogens (tertiary/aromatic N) is 2. The first-order chi connectivity index (χ1) is 22.1. The Kier molecular flexibility index (Phi) is 11.9. The highest BCUT2D eigenvalue weighted by Gasteiger charge is 2.35. The van der Waals surface area contributed by atoms with E-state index in [-0.39, 0.29) is 34.8 Å². The molecule has 1 atom stereocenters. The minimum atomic E-state index is -4.40. The number of sulfonamides is 1. The monoisotopic (exact) mass is 655 g/mol. The number of benzene rings is 3. The highest BCUT2D eigenvalue weighted by Crippen LogP contribution is 2.32. The third-order valence-electron chi connectivity index (χ3n) is 8.19. The van der Waals surface area contributed by atoms with Gasteiger partial charge in [0.25, 0.3) is 10.0 Å². The van der Waals surface area contributed by atoms with Gasteiger partial charge in [-0.15, -0.1) is 0 Å². The second kappa shape index (κ2) is 15.8. The summed E-state index contributed by atoms with van der Waals surface area (Å²) in [4.78, 5) is 29.3. The van der Waals surface area contributed by atoms with E-state index < -0.39 is 34.3 Å². The van der Waals surface area contributed by atoms with Gasteiger partial charge in [-0.1, -0.05) is 38.3 Å². The fourth-order valence-electron chi connectivity index (χ4n) is 5.63. The topological polar surface area (TPSA) is 114 Å². The van der Waals surface area contributed by atoms with Crippen LogP contribution in [-0.4, -0.2) is 65.1 Å². The molecule has 1 saturated carbocycles. The van der Waals surface area contributed by atoms with E-state index in [4.69, 9.17) is 14.2 Å². The molecule has 46 heavy (non-hydrogen) atoms. The molecule has 1 fully saturated rings. The van der Waals surface area contributed by atoms with Crippen molar-refractivity contribution in [2.75, 3.05) is 32.2 Å². The van der Waals surface area contributed by atoms with Gasteiger partial charge in [-0.2, -0.15) is 0 Å². The maximum atomic E-state index is 14.3. The summed E-state index contributed by atoms with van der Waals surface area (Å²) in [5.74, 6) is -0.314. The molecule has 1 aliphatic rings. The Labute approximate surface area is 270 Å². The Hall–Kier alpha value is -4.32. The smallest absolute Gasteiger partial charge is 0.264 e. The summed E-state index contributed by atoms with van der Waals surface area (Å²) in [6.45, 7) is 1.22. The predicted octanol–water partition coefficient (Wildman–Crippen LogP) is 5.30. The number of nitrogens with one attached hydrogen (secondary N) is 1. The molecule has 0 bridgehead atoms. The molecule has 0 radical (unpaired) electrons. The fraction of sp³-hybridized carbons (Fsp3) is 0.412. The quantitative estimate of drug-likeness (QED) is 0.251. The van der Waals surface area contributed by atoms with Gasteiger partial charge in [-0.3, -0.25) is 13.9 Å². The first-order valence-corrected chi connectivity index (χ1v) is 16.8. The molecule has 0 spiro atoms. The van der Waals surface area contributed by atoms with Crippen molar-refractivity contribution in [2.45, 2.75) is 69.0 Å². The van der Waals surface area contributed by atoms with Gasteiger partial charge in [0, 0.05) is 18.7 Å². The molecular formula is C34H42FN3O7S. The lowest BCUT2D eigenvalue weighted by Gasteiger charge is -2.34. The zero-order valence-electron chi connectivity index (χ0n) is 26.7. The number of carbonyl (C=O) groups excluding carboxylic acids is 2. The van der Waals surface area contributed by atoms with E-state index in [9.17, 15) is 22.4 Å². The Balaban J connectivity index is 1.73. The summed E-state index contributed by atoms with van der Waals surface area (Å²) in [6, 6.07) is 15.2. The van der Waals surface area contributed by atoms with Crippen molar-refractivity contribution in [1.29, 1.82) is 0 Å². The molecule has 4 rings (SSSR count). The van der Waals surface area contributed by atoms with Crippen LogP contribution in [0, 0.1) is 5.82 Å². The molecule has 3 aromatic carbocycles. The summed E-state index contributed by atoms with van der Waals surface area (Å²) in [5, 5.41) is 3.13. The van der Waals surface area contributed by atoms with Crippen LogP contribution in [0.3, 0.4) is 0 Å². The van der Waals surface area contributed by atoms with Crippen LogP contribution in [0.25, 0.3) is 0 Å². The van der Waals surface area contributed by atoms with E-state index >= 15 is 0 Å². The first-order valence-electron chi connectivity index (χ1n) is 15.3. The summed E-state index contributed by atoms with van der Waals surface area (Å²) < 4.78 is 59.1. The van der Waals surface area contributed by atoms with Gasteiger partial charge in [0.1, 0.15) is 24.2 Å². The number of ether oxygens (including phenoxy) is 3. The van der Waals surface area contributed by atoms with Crippen LogP contribution in [0.1, 0.15) is 51.0 Å². The largest absolute Gasteiger partial charge is 0.497 e. The zero-order chi connectivity index (χ0) is 33.3. The van der Waals surface area contributed by atoms with E-state index in [1.165, 1.54) is 49.5 Å². The van der Waals surface area contributed by atoms with Crippen molar-refractivity contribution in [1.82, 2.24) is 10.2 Å². The van der Waals surface area contributed by atoms with Crippen LogP contribution in [0.2, 0.25) is 0 Å². The molecular weight excluding hydrogens is 613 g/mol. The van der Waals surface area contributed by atoms with Gasteiger partial charge in [0.15, 0.2) is 11.5 Å². The molecule has 0 unspecified atom stereocenters.